The number of nitrogens with one attached hydrogen (secondary N) is 2. The quantitative estimate of drug-likeness (QED) is 0.899. The van der Waals surface area contributed by atoms with Crippen LogP contribution in [0, 0.1) is 13.8 Å². The molecule has 1 aromatic carbocycles. The predicted octanol–water partition coefficient (Wildman–Crippen LogP) is 3.75. The molecule has 4 nitrogen and oxygen atoms in total. The van der Waals surface area contributed by atoms with E-state index in [1.54, 1.807) is 25.5 Å². The second-order valence-corrected chi connectivity index (χ2v) is 5.46. The van der Waals surface area contributed by atoms with Crippen LogP contribution in [0.1, 0.15) is 21.5 Å². The van der Waals surface area contributed by atoms with Gasteiger partial charge in [-0.05, 0) is 43.2 Å². The molecule has 0 unspecified atom stereocenters. The van der Waals surface area contributed by atoms with Crippen molar-refractivity contribution in [3.05, 3.63) is 51.8 Å². The van der Waals surface area contributed by atoms with E-state index >= 15 is 0 Å². The van der Waals surface area contributed by atoms with Gasteiger partial charge in [0.1, 0.15) is 0 Å². The molecule has 2 aromatic rings. The molecule has 0 aliphatic rings. The molecule has 0 radical (unpaired) electrons. The molecule has 0 aliphatic heterocycles. The molecule has 1 amide bonds. The van der Waals surface area contributed by atoms with Crippen molar-refractivity contribution in [3.8, 4) is 0 Å². The van der Waals surface area contributed by atoms with Crippen molar-refractivity contribution in [2.75, 3.05) is 17.7 Å². The van der Waals surface area contributed by atoms with E-state index in [9.17, 15) is 4.79 Å². The highest BCUT2D eigenvalue weighted by atomic mass is 79.9. The Bertz CT molecular complexity index is 632. The molecule has 2 N–H and O–H groups in total. The molecule has 0 saturated carbocycles. The third-order valence-electron chi connectivity index (χ3n) is 3.07. The highest BCUT2D eigenvalue weighted by Gasteiger charge is 2.13. The Balaban J connectivity index is 2.33. The van der Waals surface area contributed by atoms with Gasteiger partial charge in [-0.15, -0.1) is 0 Å². The van der Waals surface area contributed by atoms with Gasteiger partial charge in [-0.1, -0.05) is 15.9 Å². The Morgan fingerprint density at radius 3 is 2.50 bits per heavy atom. The molecule has 20 heavy (non-hydrogen) atoms. The molecule has 1 heterocycles. The molecule has 0 spiro atoms. The zero-order valence-corrected chi connectivity index (χ0v) is 13.2. The number of rotatable bonds is 3. The van der Waals surface area contributed by atoms with E-state index in [0.717, 1.165) is 21.3 Å². The maximum Gasteiger partial charge on any atom is 0.257 e. The van der Waals surface area contributed by atoms with Crippen LogP contribution in [0.25, 0.3) is 0 Å². The third-order valence-corrected chi connectivity index (χ3v) is 3.53. The van der Waals surface area contributed by atoms with Crippen molar-refractivity contribution in [2.45, 2.75) is 13.8 Å². The molecule has 104 valence electrons. The molecule has 0 atom stereocenters. The van der Waals surface area contributed by atoms with Crippen molar-refractivity contribution in [1.82, 2.24) is 4.98 Å². The number of pyridine rings is 1. The number of halogens is 1. The average Bonchev–Trinajstić information content (AvgIpc) is 2.42. The van der Waals surface area contributed by atoms with Crippen LogP contribution in [0.3, 0.4) is 0 Å². The van der Waals surface area contributed by atoms with Crippen LogP contribution < -0.4 is 10.6 Å². The number of hydrogen-bond acceptors (Lipinski definition) is 3. The number of carbonyl (C=O) groups excluding carboxylic acids is 1. The van der Waals surface area contributed by atoms with Gasteiger partial charge in [0, 0.05) is 23.4 Å². The summed E-state index contributed by atoms with van der Waals surface area (Å²) in [5, 5.41) is 5.94. The first-order chi connectivity index (χ1) is 9.52. The van der Waals surface area contributed by atoms with Crippen LogP contribution in [-0.2, 0) is 0 Å². The Morgan fingerprint density at radius 1 is 1.25 bits per heavy atom. The second kappa shape index (κ2) is 6.05. The number of anilines is 2. The molecule has 0 bridgehead atoms. The minimum atomic E-state index is -0.148. The fourth-order valence-corrected chi connectivity index (χ4v) is 2.77. The highest BCUT2D eigenvalue weighted by molar-refractivity contribution is 9.10. The second-order valence-electron chi connectivity index (χ2n) is 4.54. The molecule has 1 aromatic heterocycles. The van der Waals surface area contributed by atoms with E-state index in [2.05, 4.69) is 31.5 Å². The lowest BCUT2D eigenvalue weighted by atomic mass is 10.1. The van der Waals surface area contributed by atoms with Crippen LogP contribution in [0.15, 0.2) is 35.1 Å². The lowest BCUT2D eigenvalue weighted by Crippen LogP contribution is -2.15. The van der Waals surface area contributed by atoms with Gasteiger partial charge >= 0.3 is 0 Å². The standard InChI is InChI=1S/C15H16BrN3O/c1-9-6-11(16)7-10(2)14(9)19-15(20)12-4-5-18-8-13(12)17-3/h4-8,17H,1-3H3,(H,19,20). The zero-order valence-electron chi connectivity index (χ0n) is 11.6. The first-order valence-corrected chi connectivity index (χ1v) is 7.02. The van der Waals surface area contributed by atoms with Crippen LogP contribution >= 0.6 is 15.9 Å². The normalized spacial score (nSPS) is 10.2. The Morgan fingerprint density at radius 2 is 1.90 bits per heavy atom. The van der Waals surface area contributed by atoms with Crippen molar-refractivity contribution >= 4 is 33.2 Å². The minimum absolute atomic E-state index is 0.148. The van der Waals surface area contributed by atoms with Crippen molar-refractivity contribution < 1.29 is 4.79 Å². The first-order valence-electron chi connectivity index (χ1n) is 6.22. The van der Waals surface area contributed by atoms with Gasteiger partial charge in [0.2, 0.25) is 0 Å². The SMILES string of the molecule is CNc1cnccc1C(=O)Nc1c(C)cc(Br)cc1C. The average molecular weight is 334 g/mol. The van der Waals surface area contributed by atoms with Gasteiger partial charge in [-0.2, -0.15) is 0 Å². The van der Waals surface area contributed by atoms with E-state index < -0.39 is 0 Å². The molecule has 0 fully saturated rings. The largest absolute Gasteiger partial charge is 0.386 e. The van der Waals surface area contributed by atoms with E-state index in [4.69, 9.17) is 0 Å². The summed E-state index contributed by atoms with van der Waals surface area (Å²) in [6, 6.07) is 5.66. The number of carbonyl (C=O) groups is 1. The van der Waals surface area contributed by atoms with Crippen molar-refractivity contribution in [3.63, 3.8) is 0 Å². The summed E-state index contributed by atoms with van der Waals surface area (Å²) in [6.45, 7) is 3.94. The van der Waals surface area contributed by atoms with Gasteiger partial charge in [-0.3, -0.25) is 9.78 Å². The van der Waals surface area contributed by atoms with Crippen molar-refractivity contribution in [1.29, 1.82) is 0 Å². The fraction of sp³-hybridized carbons (Fsp3) is 0.200. The van der Waals surface area contributed by atoms with Gasteiger partial charge in [0.25, 0.3) is 5.91 Å². The molecule has 2 rings (SSSR count). The van der Waals surface area contributed by atoms with E-state index in [-0.39, 0.29) is 5.91 Å². The molecule has 0 saturated heterocycles. The number of aromatic nitrogens is 1. The Kier molecular flexibility index (Phi) is 4.39. The number of nitrogens with zero attached hydrogens (tertiary/aromatic N) is 1. The van der Waals surface area contributed by atoms with Crippen LogP contribution in [-0.4, -0.2) is 17.9 Å². The summed E-state index contributed by atoms with van der Waals surface area (Å²) in [7, 11) is 1.77. The Hall–Kier alpha value is -1.88. The summed E-state index contributed by atoms with van der Waals surface area (Å²) < 4.78 is 1.00. The first kappa shape index (κ1) is 14.5. The number of aryl methyl sites for hydroxylation is 2. The smallest absolute Gasteiger partial charge is 0.257 e. The predicted molar refractivity (Wildman–Crippen MR) is 85.4 cm³/mol. The van der Waals surface area contributed by atoms with Gasteiger partial charge in [0.05, 0.1) is 17.4 Å². The summed E-state index contributed by atoms with van der Waals surface area (Å²) in [6.07, 6.45) is 3.24. The summed E-state index contributed by atoms with van der Waals surface area (Å²) in [5.41, 5.74) is 4.16. The minimum Gasteiger partial charge on any atom is -0.386 e. The number of hydrogen-bond donors (Lipinski definition) is 2. The zero-order chi connectivity index (χ0) is 14.7. The van der Waals surface area contributed by atoms with Crippen LogP contribution in [0.5, 0.6) is 0 Å². The van der Waals surface area contributed by atoms with Crippen LogP contribution in [0.4, 0.5) is 11.4 Å². The third kappa shape index (κ3) is 2.99. The maximum atomic E-state index is 12.4. The van der Waals surface area contributed by atoms with Gasteiger partial charge < -0.3 is 10.6 Å². The molecular formula is C15H16BrN3O. The lowest BCUT2D eigenvalue weighted by Gasteiger charge is -2.14. The molecule has 5 heteroatoms. The summed E-state index contributed by atoms with van der Waals surface area (Å²) >= 11 is 3.45. The number of amides is 1. The topological polar surface area (TPSA) is 54.0 Å². The molecule has 0 aliphatic carbocycles. The number of benzene rings is 1. The monoisotopic (exact) mass is 333 g/mol. The highest BCUT2D eigenvalue weighted by Crippen LogP contribution is 2.26. The van der Waals surface area contributed by atoms with Gasteiger partial charge in [0.15, 0.2) is 0 Å². The molecular weight excluding hydrogens is 318 g/mol. The van der Waals surface area contributed by atoms with Gasteiger partial charge in [-0.25, -0.2) is 0 Å². The fourth-order valence-electron chi connectivity index (χ4n) is 2.08. The van der Waals surface area contributed by atoms with E-state index in [1.165, 1.54) is 0 Å². The lowest BCUT2D eigenvalue weighted by molar-refractivity contribution is 0.102. The van der Waals surface area contributed by atoms with E-state index in [1.807, 2.05) is 26.0 Å². The van der Waals surface area contributed by atoms with Crippen molar-refractivity contribution in [2.24, 2.45) is 0 Å². The van der Waals surface area contributed by atoms with E-state index in [0.29, 0.717) is 11.3 Å². The summed E-state index contributed by atoms with van der Waals surface area (Å²) in [4.78, 5) is 16.4. The maximum absolute atomic E-state index is 12.4. The van der Waals surface area contributed by atoms with Crippen LogP contribution in [0.2, 0.25) is 0 Å². The Labute approximate surface area is 126 Å². The summed E-state index contributed by atoms with van der Waals surface area (Å²) in [5.74, 6) is -0.148.